The van der Waals surface area contributed by atoms with Gasteiger partial charge in [-0.1, -0.05) is 15.9 Å². The number of halogens is 3. The van der Waals surface area contributed by atoms with E-state index in [0.717, 1.165) is 12.1 Å². The second kappa shape index (κ2) is 4.34. The summed E-state index contributed by atoms with van der Waals surface area (Å²) in [5.41, 5.74) is 1.14. The number of hydrogen-bond acceptors (Lipinski definition) is 2. The second-order valence-corrected chi connectivity index (χ2v) is 3.26. The molecule has 14 heavy (non-hydrogen) atoms. The molecule has 1 aromatic carbocycles. The zero-order valence-electron chi connectivity index (χ0n) is 6.77. The summed E-state index contributed by atoms with van der Waals surface area (Å²) < 4.78 is 26.4. The minimum absolute atomic E-state index is 0.242. The Morgan fingerprint density at radius 2 is 1.86 bits per heavy atom. The molecule has 4 nitrogen and oxygen atoms in total. The van der Waals surface area contributed by atoms with Crippen molar-refractivity contribution in [2.45, 2.75) is 0 Å². The van der Waals surface area contributed by atoms with Crippen LogP contribution < -0.4 is 16.6 Å². The Morgan fingerprint density at radius 3 is 2.29 bits per heavy atom. The van der Waals surface area contributed by atoms with Gasteiger partial charge in [0.2, 0.25) is 0 Å². The van der Waals surface area contributed by atoms with Crippen LogP contribution in [0.4, 0.5) is 19.3 Å². The Balaban J connectivity index is 3.02. The third-order valence-electron chi connectivity index (χ3n) is 1.38. The van der Waals surface area contributed by atoms with Crippen LogP contribution in [0.2, 0.25) is 0 Å². The van der Waals surface area contributed by atoms with E-state index in [4.69, 9.17) is 5.84 Å². The number of hydrazine groups is 1. The zero-order chi connectivity index (χ0) is 10.7. The fourth-order valence-electron chi connectivity index (χ4n) is 0.811. The number of nitrogens with two attached hydrogens (primary N) is 1. The number of anilines is 1. The fraction of sp³-hybridized carbons (Fsp3) is 0. The van der Waals surface area contributed by atoms with Gasteiger partial charge in [-0.3, -0.25) is 5.43 Å². The van der Waals surface area contributed by atoms with Crippen molar-refractivity contribution in [3.63, 3.8) is 0 Å². The summed E-state index contributed by atoms with van der Waals surface area (Å²) in [6, 6.07) is 1.15. The summed E-state index contributed by atoms with van der Waals surface area (Å²) in [7, 11) is 0. The van der Waals surface area contributed by atoms with Gasteiger partial charge in [0.15, 0.2) is 11.6 Å². The van der Waals surface area contributed by atoms with Gasteiger partial charge in [0.05, 0.1) is 0 Å². The van der Waals surface area contributed by atoms with Crippen LogP contribution in [0.15, 0.2) is 16.6 Å². The molecule has 0 aliphatic carbocycles. The molecular formula is C7H6BrF2N3O. The van der Waals surface area contributed by atoms with Crippen molar-refractivity contribution in [1.29, 1.82) is 0 Å². The SMILES string of the molecule is NNC(=O)Nc1c(F)cc(Br)cc1F. The molecule has 0 bridgehead atoms. The maximum absolute atomic E-state index is 13.1. The molecule has 0 fully saturated rings. The summed E-state index contributed by atoms with van der Waals surface area (Å²) in [6.45, 7) is 0. The monoisotopic (exact) mass is 265 g/mol. The van der Waals surface area contributed by atoms with E-state index >= 15 is 0 Å². The third kappa shape index (κ3) is 2.39. The normalized spacial score (nSPS) is 9.71. The highest BCUT2D eigenvalue weighted by Gasteiger charge is 2.12. The Morgan fingerprint density at radius 1 is 1.36 bits per heavy atom. The first-order valence-corrected chi connectivity index (χ1v) is 4.26. The molecule has 0 saturated carbocycles. The molecule has 2 amide bonds. The first-order valence-electron chi connectivity index (χ1n) is 3.46. The standard InChI is InChI=1S/C7H6BrF2N3O/c8-3-1-4(9)6(5(10)2-3)12-7(14)13-11/h1-2H,11H2,(H2,12,13,14). The van der Waals surface area contributed by atoms with E-state index < -0.39 is 23.4 Å². The van der Waals surface area contributed by atoms with Gasteiger partial charge in [0.1, 0.15) is 5.69 Å². The van der Waals surface area contributed by atoms with E-state index in [0.29, 0.717) is 0 Å². The van der Waals surface area contributed by atoms with Crippen LogP contribution >= 0.6 is 15.9 Å². The summed E-state index contributed by atoms with van der Waals surface area (Å²) in [4.78, 5) is 10.7. The van der Waals surface area contributed by atoms with Gasteiger partial charge in [0.25, 0.3) is 0 Å². The van der Waals surface area contributed by atoms with Crippen molar-refractivity contribution >= 4 is 27.6 Å². The highest BCUT2D eigenvalue weighted by atomic mass is 79.9. The smallest absolute Gasteiger partial charge is 0.302 e. The van der Waals surface area contributed by atoms with Gasteiger partial charge < -0.3 is 5.32 Å². The maximum Gasteiger partial charge on any atom is 0.333 e. The van der Waals surface area contributed by atoms with Crippen molar-refractivity contribution in [3.8, 4) is 0 Å². The summed E-state index contributed by atoms with van der Waals surface area (Å²) in [5, 5.41) is 1.91. The Kier molecular flexibility index (Phi) is 3.37. The molecule has 0 unspecified atom stereocenters. The van der Waals surface area contributed by atoms with Crippen molar-refractivity contribution in [2.24, 2.45) is 5.84 Å². The highest BCUT2D eigenvalue weighted by molar-refractivity contribution is 9.10. The number of amides is 2. The number of nitrogens with one attached hydrogen (secondary N) is 2. The van der Waals surface area contributed by atoms with Crippen LogP contribution in [0.3, 0.4) is 0 Å². The van der Waals surface area contributed by atoms with Gasteiger partial charge in [-0.05, 0) is 12.1 Å². The fourth-order valence-corrected chi connectivity index (χ4v) is 1.21. The van der Waals surface area contributed by atoms with E-state index in [9.17, 15) is 13.6 Å². The number of benzene rings is 1. The van der Waals surface area contributed by atoms with Gasteiger partial charge in [-0.25, -0.2) is 19.4 Å². The molecule has 7 heteroatoms. The minimum atomic E-state index is -0.898. The number of rotatable bonds is 1. The quantitative estimate of drug-likeness (QED) is 0.411. The summed E-state index contributed by atoms with van der Waals surface area (Å²) >= 11 is 2.90. The minimum Gasteiger partial charge on any atom is -0.302 e. The van der Waals surface area contributed by atoms with Gasteiger partial charge in [0, 0.05) is 4.47 Å². The summed E-state index contributed by atoms with van der Waals surface area (Å²) in [6.07, 6.45) is 0. The van der Waals surface area contributed by atoms with Crippen LogP contribution in [0.1, 0.15) is 0 Å². The van der Waals surface area contributed by atoms with E-state index in [1.54, 1.807) is 5.43 Å². The largest absolute Gasteiger partial charge is 0.333 e. The lowest BCUT2D eigenvalue weighted by Crippen LogP contribution is -2.34. The lowest BCUT2D eigenvalue weighted by molar-refractivity contribution is 0.252. The van der Waals surface area contributed by atoms with Crippen LogP contribution in [0.5, 0.6) is 0 Å². The zero-order valence-corrected chi connectivity index (χ0v) is 8.36. The molecule has 0 saturated heterocycles. The van der Waals surface area contributed by atoms with Crippen molar-refractivity contribution < 1.29 is 13.6 Å². The van der Waals surface area contributed by atoms with Crippen LogP contribution in [0.25, 0.3) is 0 Å². The molecule has 76 valence electrons. The molecule has 0 aliphatic heterocycles. The lowest BCUT2D eigenvalue weighted by Gasteiger charge is -2.06. The molecule has 1 aromatic rings. The average molecular weight is 266 g/mol. The average Bonchev–Trinajstić information content (AvgIpc) is 2.10. The van der Waals surface area contributed by atoms with Crippen LogP contribution in [-0.2, 0) is 0 Å². The Hall–Kier alpha value is -1.21. The molecule has 0 radical (unpaired) electrons. The molecule has 0 heterocycles. The van der Waals surface area contributed by atoms with Gasteiger partial charge >= 0.3 is 6.03 Å². The maximum atomic E-state index is 13.1. The molecule has 0 atom stereocenters. The van der Waals surface area contributed by atoms with Crippen molar-refractivity contribution in [1.82, 2.24) is 5.43 Å². The Bertz CT molecular complexity index is 349. The number of carbonyl (C=O) groups is 1. The second-order valence-electron chi connectivity index (χ2n) is 2.34. The highest BCUT2D eigenvalue weighted by Crippen LogP contribution is 2.23. The van der Waals surface area contributed by atoms with Gasteiger partial charge in [-0.2, -0.15) is 0 Å². The first kappa shape index (κ1) is 10.9. The molecule has 0 aromatic heterocycles. The predicted octanol–water partition coefficient (Wildman–Crippen LogP) is 1.72. The molecule has 1 rings (SSSR count). The number of urea groups is 1. The first-order chi connectivity index (χ1) is 6.54. The molecule has 0 spiro atoms. The molecule has 4 N–H and O–H groups in total. The van der Waals surface area contributed by atoms with Crippen LogP contribution in [0, 0.1) is 11.6 Å². The van der Waals surface area contributed by atoms with E-state index in [1.165, 1.54) is 0 Å². The van der Waals surface area contributed by atoms with Crippen molar-refractivity contribution in [2.75, 3.05) is 5.32 Å². The summed E-state index contributed by atoms with van der Waals surface area (Å²) in [5.74, 6) is 2.96. The van der Waals surface area contributed by atoms with Crippen LogP contribution in [-0.4, -0.2) is 6.03 Å². The van der Waals surface area contributed by atoms with Gasteiger partial charge in [-0.15, -0.1) is 0 Å². The number of hydrogen-bond donors (Lipinski definition) is 3. The molecule has 0 aliphatic rings. The third-order valence-corrected chi connectivity index (χ3v) is 1.83. The predicted molar refractivity (Wildman–Crippen MR) is 50.4 cm³/mol. The van der Waals surface area contributed by atoms with E-state index in [-0.39, 0.29) is 4.47 Å². The Labute approximate surface area is 86.6 Å². The molecular weight excluding hydrogens is 260 g/mol. The van der Waals surface area contributed by atoms with E-state index in [1.807, 2.05) is 5.32 Å². The topological polar surface area (TPSA) is 67.1 Å². The lowest BCUT2D eigenvalue weighted by atomic mass is 10.3. The van der Waals surface area contributed by atoms with E-state index in [2.05, 4.69) is 15.9 Å². The van der Waals surface area contributed by atoms with Crippen molar-refractivity contribution in [3.05, 3.63) is 28.2 Å². The number of carbonyl (C=O) groups excluding carboxylic acids is 1.